The zero-order valence-corrected chi connectivity index (χ0v) is 9.07. The van der Waals surface area contributed by atoms with Crippen LogP contribution in [0.1, 0.15) is 11.1 Å². The Hall–Kier alpha value is -1.68. The number of furan rings is 1. The molecule has 0 amide bonds. The molecular weight excluding hydrogens is 226 g/mol. The van der Waals surface area contributed by atoms with E-state index in [1.54, 1.807) is 6.07 Å². The molecule has 0 radical (unpaired) electrons. The number of hydrogen-bond donors (Lipinski definition) is 1. The van der Waals surface area contributed by atoms with Gasteiger partial charge in [0.15, 0.2) is 11.6 Å². The van der Waals surface area contributed by atoms with Crippen molar-refractivity contribution >= 4 is 0 Å². The lowest BCUT2D eigenvalue weighted by molar-refractivity contribution is 0.173. The van der Waals surface area contributed by atoms with E-state index in [2.05, 4.69) is 0 Å². The van der Waals surface area contributed by atoms with Crippen molar-refractivity contribution in [3.8, 4) is 0 Å². The molecule has 0 aliphatic heterocycles. The van der Waals surface area contributed by atoms with Crippen LogP contribution < -0.4 is 0 Å². The number of rotatable bonds is 4. The zero-order valence-electron chi connectivity index (χ0n) is 9.07. The normalized spacial score (nSPS) is 12.6. The Bertz CT molecular complexity index is 480. The SMILES string of the molecule is OC(Cc1ccoc1)Cc1cccc(F)c1F. The van der Waals surface area contributed by atoms with E-state index in [-0.39, 0.29) is 12.0 Å². The molecule has 0 saturated carbocycles. The molecule has 1 N–H and O–H groups in total. The van der Waals surface area contributed by atoms with Crippen molar-refractivity contribution in [2.45, 2.75) is 18.9 Å². The topological polar surface area (TPSA) is 33.4 Å². The van der Waals surface area contributed by atoms with Gasteiger partial charge >= 0.3 is 0 Å². The number of benzene rings is 1. The maximum absolute atomic E-state index is 13.3. The molecule has 2 rings (SSSR count). The van der Waals surface area contributed by atoms with Gasteiger partial charge in [-0.15, -0.1) is 0 Å². The molecule has 1 unspecified atom stereocenters. The molecule has 4 heteroatoms. The zero-order chi connectivity index (χ0) is 12.3. The van der Waals surface area contributed by atoms with Gasteiger partial charge in [-0.2, -0.15) is 0 Å². The highest BCUT2D eigenvalue weighted by Gasteiger charge is 2.13. The fraction of sp³-hybridized carbons (Fsp3) is 0.231. The average molecular weight is 238 g/mol. The predicted molar refractivity (Wildman–Crippen MR) is 58.5 cm³/mol. The minimum Gasteiger partial charge on any atom is -0.472 e. The summed E-state index contributed by atoms with van der Waals surface area (Å²) in [5, 5.41) is 9.76. The summed E-state index contributed by atoms with van der Waals surface area (Å²) in [5.74, 6) is -1.78. The summed E-state index contributed by atoms with van der Waals surface area (Å²) in [7, 11) is 0. The minimum atomic E-state index is -0.891. The van der Waals surface area contributed by atoms with Crippen molar-refractivity contribution in [3.63, 3.8) is 0 Å². The largest absolute Gasteiger partial charge is 0.472 e. The van der Waals surface area contributed by atoms with Gasteiger partial charge in [0.25, 0.3) is 0 Å². The van der Waals surface area contributed by atoms with Crippen LogP contribution in [0.5, 0.6) is 0 Å². The quantitative estimate of drug-likeness (QED) is 0.888. The predicted octanol–water partition coefficient (Wildman–Crippen LogP) is 2.70. The number of aliphatic hydroxyl groups is 1. The van der Waals surface area contributed by atoms with E-state index >= 15 is 0 Å². The second-order valence-corrected chi connectivity index (χ2v) is 3.91. The van der Waals surface area contributed by atoms with Crippen LogP contribution in [0.4, 0.5) is 8.78 Å². The second-order valence-electron chi connectivity index (χ2n) is 3.91. The Balaban J connectivity index is 2.03. The lowest BCUT2D eigenvalue weighted by Gasteiger charge is -2.10. The summed E-state index contributed by atoms with van der Waals surface area (Å²) < 4.78 is 31.1. The van der Waals surface area contributed by atoms with Gasteiger partial charge in [-0.05, 0) is 23.3 Å². The lowest BCUT2D eigenvalue weighted by Crippen LogP contribution is -2.14. The summed E-state index contributed by atoms with van der Waals surface area (Å²) in [6, 6.07) is 5.68. The Labute approximate surface area is 97.5 Å². The average Bonchev–Trinajstić information content (AvgIpc) is 2.77. The van der Waals surface area contributed by atoms with Crippen molar-refractivity contribution in [2.75, 3.05) is 0 Å². The Morgan fingerprint density at radius 3 is 2.71 bits per heavy atom. The molecular formula is C13H12F2O2. The van der Waals surface area contributed by atoms with Gasteiger partial charge in [0.2, 0.25) is 0 Å². The summed E-state index contributed by atoms with van der Waals surface area (Å²) >= 11 is 0. The molecule has 2 aromatic rings. The third kappa shape index (κ3) is 2.91. The van der Waals surface area contributed by atoms with E-state index in [4.69, 9.17) is 4.42 Å². The molecule has 0 aliphatic carbocycles. The van der Waals surface area contributed by atoms with Crippen molar-refractivity contribution in [2.24, 2.45) is 0 Å². The highest BCUT2D eigenvalue weighted by atomic mass is 19.2. The van der Waals surface area contributed by atoms with Gasteiger partial charge in [0.1, 0.15) is 0 Å². The van der Waals surface area contributed by atoms with Gasteiger partial charge in [0.05, 0.1) is 18.6 Å². The van der Waals surface area contributed by atoms with Crippen LogP contribution in [0.15, 0.2) is 41.2 Å². The monoisotopic (exact) mass is 238 g/mol. The first-order chi connectivity index (χ1) is 8.16. The van der Waals surface area contributed by atoms with E-state index in [0.717, 1.165) is 11.6 Å². The van der Waals surface area contributed by atoms with Crippen LogP contribution in [-0.4, -0.2) is 11.2 Å². The maximum atomic E-state index is 13.3. The smallest absolute Gasteiger partial charge is 0.162 e. The number of halogens is 2. The van der Waals surface area contributed by atoms with Crippen LogP contribution >= 0.6 is 0 Å². The number of hydrogen-bond acceptors (Lipinski definition) is 2. The first-order valence-corrected chi connectivity index (χ1v) is 5.29. The fourth-order valence-corrected chi connectivity index (χ4v) is 1.71. The molecule has 1 heterocycles. The van der Waals surface area contributed by atoms with Crippen LogP contribution in [0, 0.1) is 11.6 Å². The van der Waals surface area contributed by atoms with Crippen molar-refractivity contribution in [3.05, 3.63) is 59.6 Å². The standard InChI is InChI=1S/C13H12F2O2/c14-12-3-1-2-10(13(12)15)7-11(16)6-9-4-5-17-8-9/h1-5,8,11,16H,6-7H2. The Kier molecular flexibility index (Phi) is 3.54. The number of aliphatic hydroxyl groups excluding tert-OH is 1. The summed E-state index contributed by atoms with van der Waals surface area (Å²) in [6.07, 6.45) is 2.70. The molecule has 0 aliphatic rings. The molecule has 17 heavy (non-hydrogen) atoms. The second kappa shape index (κ2) is 5.10. The van der Waals surface area contributed by atoms with E-state index in [1.807, 2.05) is 0 Å². The summed E-state index contributed by atoms with van der Waals surface area (Å²) in [5.41, 5.74) is 1.01. The first-order valence-electron chi connectivity index (χ1n) is 5.29. The van der Waals surface area contributed by atoms with Crippen molar-refractivity contribution in [1.82, 2.24) is 0 Å². The Morgan fingerprint density at radius 1 is 1.18 bits per heavy atom. The van der Waals surface area contributed by atoms with E-state index < -0.39 is 17.7 Å². The highest BCUT2D eigenvalue weighted by Crippen LogP contribution is 2.15. The molecule has 1 aromatic heterocycles. The van der Waals surface area contributed by atoms with Crippen LogP contribution in [-0.2, 0) is 12.8 Å². The van der Waals surface area contributed by atoms with E-state index in [0.29, 0.717) is 6.42 Å². The first kappa shape index (κ1) is 11.8. The molecule has 1 atom stereocenters. The van der Waals surface area contributed by atoms with Gasteiger partial charge in [-0.3, -0.25) is 0 Å². The molecule has 1 aromatic carbocycles. The molecule has 0 saturated heterocycles. The molecule has 90 valence electrons. The highest BCUT2D eigenvalue weighted by molar-refractivity contribution is 5.20. The summed E-state index contributed by atoms with van der Waals surface area (Å²) in [4.78, 5) is 0. The van der Waals surface area contributed by atoms with Gasteiger partial charge < -0.3 is 9.52 Å². The molecule has 0 fully saturated rings. The van der Waals surface area contributed by atoms with Crippen LogP contribution in [0.2, 0.25) is 0 Å². The Morgan fingerprint density at radius 2 is 2.00 bits per heavy atom. The van der Waals surface area contributed by atoms with Gasteiger partial charge in [-0.25, -0.2) is 8.78 Å². The van der Waals surface area contributed by atoms with Crippen LogP contribution in [0.3, 0.4) is 0 Å². The summed E-state index contributed by atoms with van der Waals surface area (Å²) in [6.45, 7) is 0. The molecule has 0 bridgehead atoms. The minimum absolute atomic E-state index is 0.0781. The molecule has 2 nitrogen and oxygen atoms in total. The molecule has 0 spiro atoms. The maximum Gasteiger partial charge on any atom is 0.162 e. The van der Waals surface area contributed by atoms with Crippen molar-refractivity contribution in [1.29, 1.82) is 0 Å². The van der Waals surface area contributed by atoms with Crippen molar-refractivity contribution < 1.29 is 18.3 Å². The third-order valence-corrected chi connectivity index (χ3v) is 2.54. The van der Waals surface area contributed by atoms with E-state index in [1.165, 1.54) is 24.7 Å². The lowest BCUT2D eigenvalue weighted by atomic mass is 10.0. The van der Waals surface area contributed by atoms with E-state index in [9.17, 15) is 13.9 Å². The van der Waals surface area contributed by atoms with Gasteiger partial charge in [0, 0.05) is 12.8 Å². The third-order valence-electron chi connectivity index (χ3n) is 2.54. The fourth-order valence-electron chi connectivity index (χ4n) is 1.71. The van der Waals surface area contributed by atoms with Gasteiger partial charge in [-0.1, -0.05) is 12.1 Å². The van der Waals surface area contributed by atoms with Crippen LogP contribution in [0.25, 0.3) is 0 Å².